The summed E-state index contributed by atoms with van der Waals surface area (Å²) in [4.78, 5) is 45.7. The van der Waals surface area contributed by atoms with E-state index in [-0.39, 0.29) is 29.7 Å². The number of benzene rings is 2. The van der Waals surface area contributed by atoms with Crippen LogP contribution in [0, 0.1) is 11.8 Å². The number of hydrogen-bond acceptors (Lipinski definition) is 5. The van der Waals surface area contributed by atoms with Crippen LogP contribution in [0.25, 0.3) is 0 Å². The summed E-state index contributed by atoms with van der Waals surface area (Å²) in [5.41, 5.74) is 3.12. The number of nitrogens with zero attached hydrogens (tertiary/aromatic N) is 3. The van der Waals surface area contributed by atoms with Gasteiger partial charge in [-0.25, -0.2) is 0 Å². The Morgan fingerprint density at radius 2 is 1.68 bits per heavy atom. The molecule has 38 heavy (non-hydrogen) atoms. The van der Waals surface area contributed by atoms with Crippen molar-refractivity contribution in [2.75, 3.05) is 44.2 Å². The highest BCUT2D eigenvalue weighted by molar-refractivity contribution is 6.23. The summed E-state index contributed by atoms with van der Waals surface area (Å²) >= 11 is 0. The number of piperidine rings is 2. The van der Waals surface area contributed by atoms with Crippen LogP contribution >= 0.6 is 0 Å². The van der Waals surface area contributed by atoms with Gasteiger partial charge in [0.2, 0.25) is 5.91 Å². The van der Waals surface area contributed by atoms with E-state index in [0.29, 0.717) is 36.7 Å². The van der Waals surface area contributed by atoms with Crippen molar-refractivity contribution >= 4 is 23.4 Å². The Morgan fingerprint density at radius 1 is 0.868 bits per heavy atom. The number of carbonyl (C=O) groups is 3. The molecule has 0 spiro atoms. The molecular formula is C31H37N3O4. The maximum absolute atomic E-state index is 13.5. The zero-order valence-corrected chi connectivity index (χ0v) is 22.0. The van der Waals surface area contributed by atoms with Gasteiger partial charge in [-0.3, -0.25) is 19.3 Å². The van der Waals surface area contributed by atoms with Gasteiger partial charge in [0.05, 0.1) is 35.4 Å². The molecule has 4 aliphatic rings. The molecule has 0 N–H and O–H groups in total. The number of ether oxygens (including phenoxy) is 1. The van der Waals surface area contributed by atoms with Crippen LogP contribution in [-0.2, 0) is 16.0 Å². The van der Waals surface area contributed by atoms with Crippen LogP contribution in [0.3, 0.4) is 0 Å². The molecule has 0 aliphatic carbocycles. The number of rotatable bonds is 6. The fourth-order valence-electron chi connectivity index (χ4n) is 6.70. The van der Waals surface area contributed by atoms with Crippen molar-refractivity contribution in [3.63, 3.8) is 0 Å². The third kappa shape index (κ3) is 4.96. The lowest BCUT2D eigenvalue weighted by molar-refractivity contribution is -0.137. The van der Waals surface area contributed by atoms with Gasteiger partial charge >= 0.3 is 0 Å². The van der Waals surface area contributed by atoms with Crippen LogP contribution in [-0.4, -0.2) is 73.0 Å². The van der Waals surface area contributed by atoms with Gasteiger partial charge < -0.3 is 14.5 Å². The van der Waals surface area contributed by atoms with Gasteiger partial charge in [0.25, 0.3) is 11.8 Å². The topological polar surface area (TPSA) is 70.2 Å². The molecule has 2 unspecified atom stereocenters. The van der Waals surface area contributed by atoms with E-state index >= 15 is 0 Å². The van der Waals surface area contributed by atoms with Crippen LogP contribution in [0.2, 0.25) is 0 Å². The Bertz CT molecular complexity index is 1180. The lowest BCUT2D eigenvalue weighted by Gasteiger charge is -2.39. The van der Waals surface area contributed by atoms with E-state index in [9.17, 15) is 14.4 Å². The van der Waals surface area contributed by atoms with Gasteiger partial charge in [0.1, 0.15) is 0 Å². The Morgan fingerprint density at radius 3 is 2.45 bits per heavy atom. The molecule has 3 fully saturated rings. The minimum Gasteiger partial charge on any atom is -0.376 e. The Labute approximate surface area is 224 Å². The monoisotopic (exact) mass is 515 g/mol. The normalized spacial score (nSPS) is 24.3. The molecule has 0 bridgehead atoms. The van der Waals surface area contributed by atoms with E-state index in [1.807, 2.05) is 12.1 Å². The van der Waals surface area contributed by atoms with E-state index in [0.717, 1.165) is 70.3 Å². The smallest absolute Gasteiger partial charge is 0.263 e. The molecule has 4 aliphatic heterocycles. The molecule has 2 aromatic carbocycles. The van der Waals surface area contributed by atoms with Crippen LogP contribution in [0.5, 0.6) is 0 Å². The van der Waals surface area contributed by atoms with Gasteiger partial charge in [0, 0.05) is 32.8 Å². The van der Waals surface area contributed by atoms with Crippen LogP contribution in [0.4, 0.5) is 5.69 Å². The molecule has 3 amide bonds. The highest BCUT2D eigenvalue weighted by Gasteiger charge is 2.41. The third-order valence-electron chi connectivity index (χ3n) is 8.79. The first-order valence-electron chi connectivity index (χ1n) is 14.3. The molecule has 0 radical (unpaired) electrons. The highest BCUT2D eigenvalue weighted by atomic mass is 16.5. The lowest BCUT2D eigenvalue weighted by Crippen LogP contribution is -2.47. The summed E-state index contributed by atoms with van der Waals surface area (Å²) in [5, 5.41) is 0. The maximum Gasteiger partial charge on any atom is 0.263 e. The molecule has 2 atom stereocenters. The SMILES string of the molecule is O=C(C1CCCN(c2cccc3c2C(=O)N(CC2CCCO2)C3=O)C1)N1CCC(Cc2ccccc2)CC1. The number of amides is 3. The Kier molecular flexibility index (Phi) is 7.20. The molecule has 2 aromatic rings. The summed E-state index contributed by atoms with van der Waals surface area (Å²) < 4.78 is 5.69. The second kappa shape index (κ2) is 10.9. The predicted molar refractivity (Wildman–Crippen MR) is 145 cm³/mol. The van der Waals surface area contributed by atoms with E-state index in [1.54, 1.807) is 6.07 Å². The third-order valence-corrected chi connectivity index (χ3v) is 8.79. The highest BCUT2D eigenvalue weighted by Crippen LogP contribution is 2.35. The molecule has 4 heterocycles. The van der Waals surface area contributed by atoms with Crippen molar-refractivity contribution < 1.29 is 19.1 Å². The first-order chi connectivity index (χ1) is 18.6. The first kappa shape index (κ1) is 25.1. The van der Waals surface area contributed by atoms with Gasteiger partial charge in [-0.05, 0) is 68.6 Å². The minimum atomic E-state index is -0.231. The zero-order chi connectivity index (χ0) is 26.1. The van der Waals surface area contributed by atoms with Gasteiger partial charge in [-0.1, -0.05) is 36.4 Å². The number of imide groups is 1. The zero-order valence-electron chi connectivity index (χ0n) is 22.0. The quantitative estimate of drug-likeness (QED) is 0.541. The molecule has 3 saturated heterocycles. The summed E-state index contributed by atoms with van der Waals surface area (Å²) in [6, 6.07) is 16.2. The van der Waals surface area contributed by atoms with E-state index < -0.39 is 0 Å². The molecule has 200 valence electrons. The van der Waals surface area contributed by atoms with Crippen molar-refractivity contribution in [3.8, 4) is 0 Å². The standard InChI is InChI=1S/C31H37N3O4/c35-29(32-16-13-23(14-17-32)19-22-7-2-1-3-8-22)24-9-5-15-33(20-24)27-12-4-11-26-28(27)31(37)34(30(26)36)21-25-10-6-18-38-25/h1-4,7-8,11-12,23-25H,5-6,9-10,13-21H2. The molecule has 6 rings (SSSR count). The average molecular weight is 516 g/mol. The van der Waals surface area contributed by atoms with Crippen molar-refractivity contribution in [2.24, 2.45) is 11.8 Å². The lowest BCUT2D eigenvalue weighted by atomic mass is 9.88. The van der Waals surface area contributed by atoms with Crippen molar-refractivity contribution in [1.29, 1.82) is 0 Å². The number of fused-ring (bicyclic) bond motifs is 1. The number of likely N-dealkylation sites (tertiary alicyclic amines) is 1. The number of anilines is 1. The summed E-state index contributed by atoms with van der Waals surface area (Å²) in [5.74, 6) is 0.316. The molecule has 7 heteroatoms. The van der Waals surface area contributed by atoms with E-state index in [1.165, 1.54) is 10.5 Å². The maximum atomic E-state index is 13.5. The van der Waals surface area contributed by atoms with Gasteiger partial charge in [0.15, 0.2) is 0 Å². The minimum absolute atomic E-state index is 0.0746. The largest absolute Gasteiger partial charge is 0.376 e. The van der Waals surface area contributed by atoms with Crippen molar-refractivity contribution in [2.45, 2.75) is 51.0 Å². The van der Waals surface area contributed by atoms with Crippen LogP contribution < -0.4 is 4.90 Å². The van der Waals surface area contributed by atoms with Crippen molar-refractivity contribution in [1.82, 2.24) is 9.80 Å². The molecular weight excluding hydrogens is 478 g/mol. The first-order valence-corrected chi connectivity index (χ1v) is 14.3. The Balaban J connectivity index is 1.10. The Hall–Kier alpha value is -3.19. The summed E-state index contributed by atoms with van der Waals surface area (Å²) in [6.45, 7) is 4.01. The van der Waals surface area contributed by atoms with Gasteiger partial charge in [-0.2, -0.15) is 0 Å². The van der Waals surface area contributed by atoms with E-state index in [4.69, 9.17) is 4.74 Å². The average Bonchev–Trinajstić information content (AvgIpc) is 3.56. The second-order valence-electron chi connectivity index (χ2n) is 11.3. The summed E-state index contributed by atoms with van der Waals surface area (Å²) in [6.07, 6.45) is 6.69. The van der Waals surface area contributed by atoms with Gasteiger partial charge in [-0.15, -0.1) is 0 Å². The molecule has 0 aromatic heterocycles. The fraction of sp³-hybridized carbons (Fsp3) is 0.516. The second-order valence-corrected chi connectivity index (χ2v) is 11.3. The summed E-state index contributed by atoms with van der Waals surface area (Å²) in [7, 11) is 0. The number of hydrogen-bond donors (Lipinski definition) is 0. The van der Waals surface area contributed by atoms with Crippen molar-refractivity contribution in [3.05, 3.63) is 65.2 Å². The fourth-order valence-corrected chi connectivity index (χ4v) is 6.70. The number of carbonyl (C=O) groups excluding carboxylic acids is 3. The molecule has 0 saturated carbocycles. The van der Waals surface area contributed by atoms with E-state index in [2.05, 4.69) is 40.1 Å². The van der Waals surface area contributed by atoms with Crippen LogP contribution in [0.15, 0.2) is 48.5 Å². The van der Waals surface area contributed by atoms with Crippen LogP contribution in [0.1, 0.15) is 64.8 Å². The predicted octanol–water partition coefficient (Wildman–Crippen LogP) is 4.16. The molecule has 7 nitrogen and oxygen atoms in total.